The number of fused-ring (bicyclic) bond motifs is 3. The van der Waals surface area contributed by atoms with E-state index in [9.17, 15) is 30.0 Å². The molecule has 2 aliphatic carbocycles. The van der Waals surface area contributed by atoms with Crippen molar-refractivity contribution in [3.8, 4) is 0 Å². The summed E-state index contributed by atoms with van der Waals surface area (Å²) in [5.41, 5.74) is -0.661. The van der Waals surface area contributed by atoms with E-state index in [1.165, 1.54) is 12.3 Å². The van der Waals surface area contributed by atoms with Crippen LogP contribution in [0.5, 0.6) is 0 Å². The van der Waals surface area contributed by atoms with Gasteiger partial charge in [0.25, 0.3) is 0 Å². The summed E-state index contributed by atoms with van der Waals surface area (Å²) in [7, 11) is 0. The smallest absolute Gasteiger partial charge is 0.310 e. The number of furan rings is 1. The fourth-order valence-electron chi connectivity index (χ4n) is 7.27. The number of rotatable bonds is 3. The monoisotopic (exact) mass is 476 g/mol. The van der Waals surface area contributed by atoms with Gasteiger partial charge in [-0.1, -0.05) is 19.9 Å². The van der Waals surface area contributed by atoms with Crippen molar-refractivity contribution in [1.82, 2.24) is 0 Å². The molecule has 4 N–H and O–H groups in total. The standard InChI is InChI=1S/C25H32O9/c1-24-7-5-14-23(31)34-16(12-6-8-32-11-12)9-25(14,2)22(24)15(27)4-3-13(24)21-20(30)19(29)18(28)17(10-26)33-21/h3-4,6,8,11,13-14,16-22,26,28-30H,5,7,9-10H2,1-2H3/t13-,14-,16-,17+,18+,19-,20+,21-,22+,24-,25+/m0/s1. The second kappa shape index (κ2) is 8.27. The van der Waals surface area contributed by atoms with Crippen molar-refractivity contribution >= 4 is 11.8 Å². The minimum Gasteiger partial charge on any atom is -0.472 e. The summed E-state index contributed by atoms with van der Waals surface area (Å²) < 4.78 is 16.8. The number of hydrogen-bond donors (Lipinski definition) is 4. The molecule has 11 atom stereocenters. The van der Waals surface area contributed by atoms with Crippen LogP contribution in [-0.4, -0.2) is 69.3 Å². The molecule has 0 aromatic carbocycles. The van der Waals surface area contributed by atoms with Crippen LogP contribution in [0.4, 0.5) is 0 Å². The van der Waals surface area contributed by atoms with E-state index in [4.69, 9.17) is 13.9 Å². The number of ether oxygens (including phenoxy) is 2. The molecule has 2 saturated heterocycles. The van der Waals surface area contributed by atoms with Gasteiger partial charge in [-0.2, -0.15) is 0 Å². The number of carbonyl (C=O) groups is 2. The fourth-order valence-corrected chi connectivity index (χ4v) is 7.27. The van der Waals surface area contributed by atoms with E-state index in [1.807, 2.05) is 13.8 Å². The SMILES string of the molecule is C[C@@]12C[C@@H](c3ccoc3)OC(=O)[C@@H]1CC[C@]1(C)[C@H]2C(=O)C=C[C@H]1[C@@H]1O[C@H](CO)[C@@H](O)[C@H](O)[C@H]1O. The van der Waals surface area contributed by atoms with Crippen molar-refractivity contribution in [2.24, 2.45) is 28.6 Å². The Labute approximate surface area is 197 Å². The topological polar surface area (TPSA) is 147 Å². The van der Waals surface area contributed by atoms with E-state index in [0.29, 0.717) is 19.3 Å². The third-order valence-electron chi connectivity index (χ3n) is 8.97. The molecule has 186 valence electrons. The average Bonchev–Trinajstić information content (AvgIpc) is 3.33. The number of cyclic esters (lactones) is 1. The average molecular weight is 477 g/mol. The van der Waals surface area contributed by atoms with E-state index in [1.54, 1.807) is 18.4 Å². The quantitative estimate of drug-likeness (QED) is 0.467. The summed E-state index contributed by atoms with van der Waals surface area (Å²) >= 11 is 0. The number of aliphatic hydroxyl groups excluding tert-OH is 4. The Kier molecular flexibility index (Phi) is 5.76. The normalized spacial score (nSPS) is 48.7. The third kappa shape index (κ3) is 3.32. The Bertz CT molecular complexity index is 971. The van der Waals surface area contributed by atoms with Gasteiger partial charge in [-0.3, -0.25) is 9.59 Å². The minimum absolute atomic E-state index is 0.0869. The van der Waals surface area contributed by atoms with Crippen LogP contribution >= 0.6 is 0 Å². The van der Waals surface area contributed by atoms with Crippen LogP contribution in [0.25, 0.3) is 0 Å². The predicted octanol–water partition coefficient (Wildman–Crippen LogP) is 0.904. The van der Waals surface area contributed by atoms with Gasteiger partial charge in [0.2, 0.25) is 0 Å². The van der Waals surface area contributed by atoms with Crippen LogP contribution in [0.15, 0.2) is 35.2 Å². The first-order valence-corrected chi connectivity index (χ1v) is 11.9. The van der Waals surface area contributed by atoms with Crippen molar-refractivity contribution in [3.05, 3.63) is 36.3 Å². The molecule has 1 saturated carbocycles. The molecule has 0 radical (unpaired) electrons. The van der Waals surface area contributed by atoms with Gasteiger partial charge in [-0.25, -0.2) is 0 Å². The van der Waals surface area contributed by atoms with Gasteiger partial charge in [0.15, 0.2) is 5.78 Å². The lowest BCUT2D eigenvalue weighted by Gasteiger charge is -2.61. The van der Waals surface area contributed by atoms with Crippen LogP contribution in [0.2, 0.25) is 0 Å². The summed E-state index contributed by atoms with van der Waals surface area (Å²) in [6, 6.07) is 1.75. The summed E-state index contributed by atoms with van der Waals surface area (Å²) in [6.45, 7) is 3.42. The molecule has 3 heterocycles. The number of carbonyl (C=O) groups excluding carboxylic acids is 2. The highest BCUT2D eigenvalue weighted by Gasteiger charge is 2.65. The molecule has 0 amide bonds. The summed E-state index contributed by atoms with van der Waals surface area (Å²) in [6.07, 6.45) is 0.887. The highest BCUT2D eigenvalue weighted by molar-refractivity contribution is 5.95. The van der Waals surface area contributed by atoms with Crippen molar-refractivity contribution < 1.29 is 43.9 Å². The van der Waals surface area contributed by atoms with Crippen LogP contribution in [-0.2, 0) is 19.1 Å². The van der Waals surface area contributed by atoms with Gasteiger partial charge < -0.3 is 34.3 Å². The molecule has 0 bridgehead atoms. The van der Waals surface area contributed by atoms with Crippen LogP contribution in [0.1, 0.15) is 44.8 Å². The van der Waals surface area contributed by atoms with Gasteiger partial charge in [0.05, 0.1) is 31.2 Å². The molecule has 2 aliphatic heterocycles. The number of ketones is 1. The van der Waals surface area contributed by atoms with Gasteiger partial charge in [-0.15, -0.1) is 0 Å². The molecule has 0 unspecified atom stereocenters. The molecule has 1 aromatic heterocycles. The second-order valence-electron chi connectivity index (χ2n) is 10.8. The Morgan fingerprint density at radius 1 is 1.09 bits per heavy atom. The molecular weight excluding hydrogens is 444 g/mol. The van der Waals surface area contributed by atoms with Crippen molar-refractivity contribution in [1.29, 1.82) is 0 Å². The maximum atomic E-state index is 13.5. The molecule has 0 spiro atoms. The molecule has 1 aromatic rings. The van der Waals surface area contributed by atoms with Gasteiger partial charge in [-0.05, 0) is 42.2 Å². The molecule has 9 heteroatoms. The molecule has 9 nitrogen and oxygen atoms in total. The zero-order valence-electron chi connectivity index (χ0n) is 19.2. The third-order valence-corrected chi connectivity index (χ3v) is 8.97. The van der Waals surface area contributed by atoms with E-state index in [-0.39, 0.29) is 11.8 Å². The highest BCUT2D eigenvalue weighted by atomic mass is 16.6. The van der Waals surface area contributed by atoms with E-state index < -0.39 is 71.8 Å². The maximum Gasteiger partial charge on any atom is 0.310 e. The first-order valence-electron chi connectivity index (χ1n) is 11.9. The van der Waals surface area contributed by atoms with Crippen LogP contribution in [0, 0.1) is 28.6 Å². The summed E-state index contributed by atoms with van der Waals surface area (Å²) in [5, 5.41) is 41.1. The molecule has 34 heavy (non-hydrogen) atoms. The zero-order chi connectivity index (χ0) is 24.4. The number of aliphatic hydroxyl groups is 4. The summed E-state index contributed by atoms with van der Waals surface area (Å²) in [5.74, 6) is -1.89. The van der Waals surface area contributed by atoms with E-state index >= 15 is 0 Å². The Balaban J connectivity index is 1.53. The summed E-state index contributed by atoms with van der Waals surface area (Å²) in [4.78, 5) is 26.5. The molecule has 3 fully saturated rings. The largest absolute Gasteiger partial charge is 0.472 e. The molecule has 4 aliphatic rings. The Morgan fingerprint density at radius 3 is 2.53 bits per heavy atom. The Morgan fingerprint density at radius 2 is 1.85 bits per heavy atom. The van der Waals surface area contributed by atoms with Gasteiger partial charge in [0.1, 0.15) is 30.5 Å². The van der Waals surface area contributed by atoms with Crippen molar-refractivity contribution in [2.75, 3.05) is 6.61 Å². The highest BCUT2D eigenvalue weighted by Crippen LogP contribution is 2.64. The Hall–Kier alpha value is -2.04. The second-order valence-corrected chi connectivity index (χ2v) is 10.8. The fraction of sp³-hybridized carbons (Fsp3) is 0.680. The first-order chi connectivity index (χ1) is 16.1. The molecular formula is C25H32O9. The van der Waals surface area contributed by atoms with Crippen molar-refractivity contribution in [2.45, 2.75) is 69.7 Å². The molecule has 5 rings (SSSR count). The minimum atomic E-state index is -1.49. The number of allylic oxidation sites excluding steroid dienone is 1. The van der Waals surface area contributed by atoms with Crippen molar-refractivity contribution in [3.63, 3.8) is 0 Å². The van der Waals surface area contributed by atoms with Gasteiger partial charge >= 0.3 is 5.97 Å². The maximum absolute atomic E-state index is 13.5. The number of hydrogen-bond acceptors (Lipinski definition) is 9. The lowest BCUT2D eigenvalue weighted by Crippen LogP contribution is -2.66. The van der Waals surface area contributed by atoms with Crippen LogP contribution < -0.4 is 0 Å². The van der Waals surface area contributed by atoms with E-state index in [2.05, 4.69) is 0 Å². The lowest BCUT2D eigenvalue weighted by molar-refractivity contribution is -0.254. The van der Waals surface area contributed by atoms with E-state index in [0.717, 1.165) is 5.56 Å². The lowest BCUT2D eigenvalue weighted by atomic mass is 9.44. The van der Waals surface area contributed by atoms with Gasteiger partial charge in [0, 0.05) is 17.4 Å². The van der Waals surface area contributed by atoms with Crippen LogP contribution in [0.3, 0.4) is 0 Å². The predicted molar refractivity (Wildman–Crippen MR) is 116 cm³/mol. The zero-order valence-corrected chi connectivity index (χ0v) is 19.2. The first kappa shape index (κ1) is 23.7. The number of esters is 1.